The van der Waals surface area contributed by atoms with Crippen molar-refractivity contribution in [1.29, 1.82) is 0 Å². The highest BCUT2D eigenvalue weighted by molar-refractivity contribution is 5.68. The fraction of sp³-hybridized carbons (Fsp3) is 0.429. The lowest BCUT2D eigenvalue weighted by molar-refractivity contribution is -0.137. The summed E-state index contributed by atoms with van der Waals surface area (Å²) in [5.41, 5.74) is 0.121. The van der Waals surface area contributed by atoms with E-state index in [-0.39, 0.29) is 18.7 Å². The van der Waals surface area contributed by atoms with Gasteiger partial charge in [-0.2, -0.15) is 13.2 Å². The number of rotatable bonds is 5. The summed E-state index contributed by atoms with van der Waals surface area (Å²) in [7, 11) is 0. The minimum absolute atomic E-state index is 0.119. The highest BCUT2D eigenvalue weighted by Gasteiger charge is 2.32. The van der Waals surface area contributed by atoms with Gasteiger partial charge in [0.25, 0.3) is 0 Å². The maximum Gasteiger partial charge on any atom is 0.417 e. The Morgan fingerprint density at radius 2 is 2.00 bits per heavy atom. The van der Waals surface area contributed by atoms with Gasteiger partial charge in [0.05, 0.1) is 11.6 Å². The zero-order valence-corrected chi connectivity index (χ0v) is 16.2. The summed E-state index contributed by atoms with van der Waals surface area (Å²) in [6.45, 7) is 3.30. The Morgan fingerprint density at radius 1 is 1.24 bits per heavy atom. The molecule has 1 amide bonds. The van der Waals surface area contributed by atoms with Crippen molar-refractivity contribution < 1.29 is 22.7 Å². The molecule has 0 spiro atoms. The molecule has 1 aromatic heterocycles. The number of ether oxygens (including phenoxy) is 1. The quantitative estimate of drug-likeness (QED) is 0.762. The SMILES string of the molecule is C[C@@H]1CCN(C(=O)OCc2ccccc2)[C@H](CNc2ccc(C(F)(F)F)cn2)C1. The number of nitrogens with one attached hydrogen (secondary N) is 1. The maximum absolute atomic E-state index is 12.7. The molecule has 1 aliphatic heterocycles. The lowest BCUT2D eigenvalue weighted by Crippen LogP contribution is -2.49. The average Bonchev–Trinajstić information content (AvgIpc) is 2.71. The van der Waals surface area contributed by atoms with Gasteiger partial charge in [0.1, 0.15) is 12.4 Å². The Balaban J connectivity index is 1.58. The van der Waals surface area contributed by atoms with E-state index in [0.717, 1.165) is 30.7 Å². The first-order valence-corrected chi connectivity index (χ1v) is 9.57. The molecule has 1 aliphatic rings. The molecule has 1 fully saturated rings. The van der Waals surface area contributed by atoms with E-state index in [2.05, 4.69) is 17.2 Å². The smallest absolute Gasteiger partial charge is 0.417 e. The van der Waals surface area contributed by atoms with Crippen LogP contribution in [0.25, 0.3) is 0 Å². The van der Waals surface area contributed by atoms with Gasteiger partial charge in [-0.1, -0.05) is 37.3 Å². The Bertz CT molecular complexity index is 797. The van der Waals surface area contributed by atoms with Crippen LogP contribution in [0.5, 0.6) is 0 Å². The van der Waals surface area contributed by atoms with E-state index >= 15 is 0 Å². The largest absolute Gasteiger partial charge is 0.445 e. The summed E-state index contributed by atoms with van der Waals surface area (Å²) in [5.74, 6) is 0.786. The third kappa shape index (κ3) is 5.85. The molecule has 29 heavy (non-hydrogen) atoms. The second-order valence-corrected chi connectivity index (χ2v) is 7.33. The van der Waals surface area contributed by atoms with Crippen LogP contribution in [-0.2, 0) is 17.5 Å². The number of alkyl halides is 3. The van der Waals surface area contributed by atoms with E-state index in [4.69, 9.17) is 4.74 Å². The normalized spacial score (nSPS) is 19.7. The molecule has 0 radical (unpaired) electrons. The van der Waals surface area contributed by atoms with Crippen LogP contribution < -0.4 is 5.32 Å². The van der Waals surface area contributed by atoms with Crippen molar-refractivity contribution >= 4 is 11.9 Å². The fourth-order valence-corrected chi connectivity index (χ4v) is 3.38. The second kappa shape index (κ2) is 9.15. The van der Waals surface area contributed by atoms with Crippen LogP contribution in [0.3, 0.4) is 0 Å². The third-order valence-corrected chi connectivity index (χ3v) is 5.03. The standard InChI is InChI=1S/C21H24F3N3O2/c1-15-9-10-27(20(28)29-14-16-5-3-2-4-6-16)18(11-15)13-26-19-8-7-17(12-25-19)21(22,23)24/h2-8,12,15,18H,9-11,13-14H2,1H3,(H,25,26)/t15-,18+/m1/s1. The van der Waals surface area contributed by atoms with Crippen LogP contribution in [0.4, 0.5) is 23.8 Å². The van der Waals surface area contributed by atoms with Crippen LogP contribution >= 0.6 is 0 Å². The molecule has 3 rings (SSSR count). The molecule has 0 aliphatic carbocycles. The van der Waals surface area contributed by atoms with Crippen molar-refractivity contribution in [3.8, 4) is 0 Å². The molecule has 1 N–H and O–H groups in total. The molecule has 0 unspecified atom stereocenters. The number of nitrogens with zero attached hydrogens (tertiary/aromatic N) is 2. The van der Waals surface area contributed by atoms with E-state index in [0.29, 0.717) is 24.8 Å². The van der Waals surface area contributed by atoms with Crippen molar-refractivity contribution in [2.24, 2.45) is 5.92 Å². The van der Waals surface area contributed by atoms with Crippen molar-refractivity contribution in [3.63, 3.8) is 0 Å². The summed E-state index contributed by atoms with van der Waals surface area (Å²) in [6.07, 6.45) is -2.32. The van der Waals surface area contributed by atoms with Gasteiger partial charge in [-0.15, -0.1) is 0 Å². The number of hydrogen-bond donors (Lipinski definition) is 1. The van der Waals surface area contributed by atoms with Crippen LogP contribution in [0, 0.1) is 5.92 Å². The fourth-order valence-electron chi connectivity index (χ4n) is 3.38. The molecule has 2 atom stereocenters. The number of halogens is 3. The van der Waals surface area contributed by atoms with Gasteiger partial charge in [0.2, 0.25) is 0 Å². The first kappa shape index (κ1) is 21.0. The van der Waals surface area contributed by atoms with Crippen LogP contribution in [0.15, 0.2) is 48.7 Å². The molecule has 156 valence electrons. The van der Waals surface area contributed by atoms with Gasteiger partial charge < -0.3 is 15.0 Å². The molecule has 2 aromatic rings. The first-order chi connectivity index (χ1) is 13.8. The predicted octanol–water partition coefficient (Wildman–Crippen LogP) is 4.95. The Kier molecular flexibility index (Phi) is 6.61. The molecular weight excluding hydrogens is 383 g/mol. The Morgan fingerprint density at radius 3 is 2.66 bits per heavy atom. The number of hydrogen-bond acceptors (Lipinski definition) is 4. The van der Waals surface area contributed by atoms with Gasteiger partial charge in [-0.3, -0.25) is 0 Å². The van der Waals surface area contributed by atoms with Crippen LogP contribution in [-0.4, -0.2) is 35.1 Å². The van der Waals surface area contributed by atoms with Crippen molar-refractivity contribution in [1.82, 2.24) is 9.88 Å². The number of carbonyl (C=O) groups is 1. The van der Waals surface area contributed by atoms with Crippen LogP contribution in [0.1, 0.15) is 30.9 Å². The maximum atomic E-state index is 12.7. The lowest BCUT2D eigenvalue weighted by Gasteiger charge is -2.37. The van der Waals surface area contributed by atoms with E-state index in [9.17, 15) is 18.0 Å². The average molecular weight is 407 g/mol. The van der Waals surface area contributed by atoms with E-state index in [1.165, 1.54) is 6.07 Å². The molecule has 2 heterocycles. The summed E-state index contributed by atoms with van der Waals surface area (Å²) in [5, 5.41) is 3.04. The number of likely N-dealkylation sites (tertiary alicyclic amines) is 1. The van der Waals surface area contributed by atoms with Crippen molar-refractivity contribution in [2.75, 3.05) is 18.4 Å². The highest BCUT2D eigenvalue weighted by Crippen LogP contribution is 2.29. The van der Waals surface area contributed by atoms with Crippen molar-refractivity contribution in [3.05, 3.63) is 59.8 Å². The minimum Gasteiger partial charge on any atom is -0.445 e. The van der Waals surface area contributed by atoms with Gasteiger partial charge >= 0.3 is 12.3 Å². The molecule has 1 aromatic carbocycles. The zero-order chi connectivity index (χ0) is 20.9. The highest BCUT2D eigenvalue weighted by atomic mass is 19.4. The Hall–Kier alpha value is -2.77. The lowest BCUT2D eigenvalue weighted by atomic mass is 9.92. The molecule has 5 nitrogen and oxygen atoms in total. The summed E-state index contributed by atoms with van der Waals surface area (Å²) in [4.78, 5) is 18.1. The molecule has 1 saturated heterocycles. The van der Waals surface area contributed by atoms with Gasteiger partial charge in [-0.05, 0) is 36.5 Å². The van der Waals surface area contributed by atoms with Crippen LogP contribution in [0.2, 0.25) is 0 Å². The number of benzene rings is 1. The monoisotopic (exact) mass is 407 g/mol. The third-order valence-electron chi connectivity index (χ3n) is 5.03. The summed E-state index contributed by atoms with van der Waals surface area (Å²) >= 11 is 0. The molecular formula is C21H24F3N3O2. The van der Waals surface area contributed by atoms with Gasteiger partial charge in [0, 0.05) is 19.3 Å². The minimum atomic E-state index is -4.41. The number of aromatic nitrogens is 1. The topological polar surface area (TPSA) is 54.5 Å². The van der Waals surface area contributed by atoms with E-state index in [1.54, 1.807) is 4.90 Å². The van der Waals surface area contributed by atoms with E-state index < -0.39 is 11.7 Å². The van der Waals surface area contributed by atoms with E-state index in [1.807, 2.05) is 30.3 Å². The molecule has 0 bridgehead atoms. The van der Waals surface area contributed by atoms with Gasteiger partial charge in [-0.25, -0.2) is 9.78 Å². The number of carbonyl (C=O) groups excluding carboxylic acids is 1. The Labute approximate surface area is 167 Å². The predicted molar refractivity (Wildman–Crippen MR) is 103 cm³/mol. The summed E-state index contributed by atoms with van der Waals surface area (Å²) in [6, 6.07) is 11.6. The number of anilines is 1. The zero-order valence-electron chi connectivity index (χ0n) is 16.2. The van der Waals surface area contributed by atoms with Crippen molar-refractivity contribution in [2.45, 2.75) is 38.6 Å². The molecule has 0 saturated carbocycles. The summed E-state index contributed by atoms with van der Waals surface area (Å²) < 4.78 is 43.4. The number of pyridine rings is 1. The second-order valence-electron chi connectivity index (χ2n) is 7.33. The van der Waals surface area contributed by atoms with Gasteiger partial charge in [0.15, 0.2) is 0 Å². The number of amides is 1. The molecule has 8 heteroatoms. The first-order valence-electron chi connectivity index (χ1n) is 9.57. The number of piperidine rings is 1.